The Morgan fingerprint density at radius 3 is 2.34 bits per heavy atom. The molecule has 0 spiro atoms. The van der Waals surface area contributed by atoms with E-state index in [0.29, 0.717) is 32.0 Å². The average molecular weight is 418 g/mol. The molecule has 1 heterocycles. The van der Waals surface area contributed by atoms with Gasteiger partial charge in [-0.15, -0.1) is 0 Å². The second kappa shape index (κ2) is 9.87. The Balaban J connectivity index is 1.49. The lowest BCUT2D eigenvalue weighted by molar-refractivity contribution is 0.0408. The lowest BCUT2D eigenvalue weighted by Gasteiger charge is -2.26. The molecule has 7 nitrogen and oxygen atoms in total. The summed E-state index contributed by atoms with van der Waals surface area (Å²) in [6.07, 6.45) is 0. The van der Waals surface area contributed by atoms with Crippen molar-refractivity contribution < 1.29 is 17.9 Å². The van der Waals surface area contributed by atoms with E-state index in [2.05, 4.69) is 15.5 Å². The van der Waals surface area contributed by atoms with E-state index in [1.165, 1.54) is 12.1 Å². The molecule has 29 heavy (non-hydrogen) atoms. The zero-order valence-corrected chi connectivity index (χ0v) is 17.4. The summed E-state index contributed by atoms with van der Waals surface area (Å²) in [6, 6.07) is 13.8. The topological polar surface area (TPSA) is 87.7 Å². The van der Waals surface area contributed by atoms with Gasteiger partial charge in [0.2, 0.25) is 0 Å². The summed E-state index contributed by atoms with van der Waals surface area (Å²) in [7, 11) is -3.37. The third-order valence-corrected chi connectivity index (χ3v) is 6.54. The number of hydrogen-bond acceptors (Lipinski definition) is 5. The van der Waals surface area contributed by atoms with Gasteiger partial charge in [-0.3, -0.25) is 4.90 Å². The van der Waals surface area contributed by atoms with Crippen LogP contribution in [0.15, 0.2) is 53.4 Å². The molecular weight excluding hydrogens is 390 g/mol. The number of ether oxygens (including phenoxy) is 1. The number of sulfone groups is 1. The van der Waals surface area contributed by atoms with Gasteiger partial charge in [0.25, 0.3) is 0 Å². The number of urea groups is 1. The Bertz CT molecular complexity index is 906. The second-order valence-electron chi connectivity index (χ2n) is 7.09. The molecule has 0 saturated carbocycles. The molecule has 2 amide bonds. The van der Waals surface area contributed by atoms with Gasteiger partial charge in [0.15, 0.2) is 9.84 Å². The van der Waals surface area contributed by atoms with Crippen LogP contribution in [0.2, 0.25) is 0 Å². The summed E-state index contributed by atoms with van der Waals surface area (Å²) < 4.78 is 30.3. The minimum atomic E-state index is -3.37. The number of carbonyl (C=O) groups excluding carboxylic acids is 1. The Labute approximate surface area is 172 Å². The summed E-state index contributed by atoms with van der Waals surface area (Å²) in [5.74, 6) is 0.0663. The summed E-state index contributed by atoms with van der Waals surface area (Å²) >= 11 is 0. The SMILES string of the molecule is Cc1ccc(CNC(=O)Nc2ccc(S(=O)(=O)CCN3CCOCC3)cc2)cc1. The van der Waals surface area contributed by atoms with Crippen LogP contribution < -0.4 is 10.6 Å². The highest BCUT2D eigenvalue weighted by Gasteiger charge is 2.18. The summed E-state index contributed by atoms with van der Waals surface area (Å²) in [6.45, 7) is 5.73. The molecule has 0 aromatic heterocycles. The summed E-state index contributed by atoms with van der Waals surface area (Å²) in [5, 5.41) is 5.50. The molecule has 0 atom stereocenters. The third kappa shape index (κ3) is 6.56. The van der Waals surface area contributed by atoms with Crippen molar-refractivity contribution in [2.75, 3.05) is 43.9 Å². The van der Waals surface area contributed by atoms with Crippen molar-refractivity contribution in [2.24, 2.45) is 0 Å². The van der Waals surface area contributed by atoms with E-state index in [0.717, 1.165) is 24.2 Å². The van der Waals surface area contributed by atoms with Crippen molar-refractivity contribution in [3.8, 4) is 0 Å². The Hall–Kier alpha value is -2.42. The molecule has 156 valence electrons. The molecule has 8 heteroatoms. The van der Waals surface area contributed by atoms with Gasteiger partial charge < -0.3 is 15.4 Å². The van der Waals surface area contributed by atoms with Gasteiger partial charge in [-0.1, -0.05) is 29.8 Å². The van der Waals surface area contributed by atoms with Gasteiger partial charge in [-0.05, 0) is 36.8 Å². The van der Waals surface area contributed by atoms with Crippen molar-refractivity contribution in [1.29, 1.82) is 0 Å². The molecule has 0 radical (unpaired) electrons. The summed E-state index contributed by atoms with van der Waals surface area (Å²) in [4.78, 5) is 14.4. The Morgan fingerprint density at radius 1 is 1.03 bits per heavy atom. The predicted molar refractivity (Wildman–Crippen MR) is 113 cm³/mol. The molecule has 0 aliphatic carbocycles. The number of nitrogens with one attached hydrogen (secondary N) is 2. The van der Waals surface area contributed by atoms with Crippen molar-refractivity contribution in [2.45, 2.75) is 18.4 Å². The highest BCUT2D eigenvalue weighted by molar-refractivity contribution is 7.91. The molecule has 0 unspecified atom stereocenters. The van der Waals surface area contributed by atoms with Crippen LogP contribution in [0, 0.1) is 6.92 Å². The molecule has 1 aliphatic heterocycles. The Morgan fingerprint density at radius 2 is 1.69 bits per heavy atom. The number of rotatable bonds is 7. The van der Waals surface area contributed by atoms with Gasteiger partial charge >= 0.3 is 6.03 Å². The first-order valence-electron chi connectivity index (χ1n) is 9.66. The van der Waals surface area contributed by atoms with Gasteiger partial charge in [0.1, 0.15) is 0 Å². The van der Waals surface area contributed by atoms with E-state index in [4.69, 9.17) is 4.74 Å². The van der Waals surface area contributed by atoms with Crippen LogP contribution >= 0.6 is 0 Å². The number of carbonyl (C=O) groups is 1. The van der Waals surface area contributed by atoms with E-state index in [-0.39, 0.29) is 16.7 Å². The van der Waals surface area contributed by atoms with Crippen molar-refractivity contribution in [1.82, 2.24) is 10.2 Å². The normalized spacial score (nSPS) is 15.1. The van der Waals surface area contributed by atoms with Crippen LogP contribution in [-0.4, -0.2) is 57.9 Å². The lowest BCUT2D eigenvalue weighted by atomic mass is 10.1. The average Bonchev–Trinajstić information content (AvgIpc) is 2.73. The quantitative estimate of drug-likeness (QED) is 0.722. The number of nitrogens with zero attached hydrogens (tertiary/aromatic N) is 1. The fourth-order valence-corrected chi connectivity index (χ4v) is 4.29. The minimum absolute atomic E-state index is 0.0663. The van der Waals surface area contributed by atoms with Crippen molar-refractivity contribution in [3.05, 3.63) is 59.7 Å². The zero-order valence-electron chi connectivity index (χ0n) is 16.6. The number of morpholine rings is 1. The van der Waals surface area contributed by atoms with Crippen LogP contribution in [0.4, 0.5) is 10.5 Å². The first-order chi connectivity index (χ1) is 13.9. The van der Waals surface area contributed by atoms with E-state index in [1.807, 2.05) is 31.2 Å². The largest absolute Gasteiger partial charge is 0.379 e. The van der Waals surface area contributed by atoms with Crippen molar-refractivity contribution >= 4 is 21.6 Å². The fraction of sp³-hybridized carbons (Fsp3) is 0.381. The predicted octanol–water partition coefficient (Wildman–Crippen LogP) is 2.42. The van der Waals surface area contributed by atoms with Crippen molar-refractivity contribution in [3.63, 3.8) is 0 Å². The number of anilines is 1. The number of amides is 2. The van der Waals surface area contributed by atoms with E-state index in [9.17, 15) is 13.2 Å². The van der Waals surface area contributed by atoms with Gasteiger partial charge in [0, 0.05) is 31.9 Å². The maximum absolute atomic E-state index is 12.5. The fourth-order valence-electron chi connectivity index (χ4n) is 3.00. The maximum Gasteiger partial charge on any atom is 0.319 e. The third-order valence-electron chi connectivity index (χ3n) is 4.82. The van der Waals surface area contributed by atoms with Crippen LogP contribution in [0.5, 0.6) is 0 Å². The van der Waals surface area contributed by atoms with Crippen LogP contribution in [0.25, 0.3) is 0 Å². The van der Waals surface area contributed by atoms with Crippen LogP contribution in [0.3, 0.4) is 0 Å². The standard InChI is InChI=1S/C21H27N3O4S/c1-17-2-4-18(5-3-17)16-22-21(25)23-19-6-8-20(9-7-19)29(26,27)15-12-24-10-13-28-14-11-24/h2-9H,10-16H2,1H3,(H2,22,23,25). The second-order valence-corrected chi connectivity index (χ2v) is 9.20. The number of hydrogen-bond donors (Lipinski definition) is 2. The van der Waals surface area contributed by atoms with Crippen LogP contribution in [-0.2, 0) is 21.1 Å². The first kappa shape index (κ1) is 21.3. The van der Waals surface area contributed by atoms with Gasteiger partial charge in [-0.2, -0.15) is 0 Å². The molecule has 1 aliphatic rings. The molecule has 2 aromatic carbocycles. The molecule has 2 aromatic rings. The molecular formula is C21H27N3O4S. The lowest BCUT2D eigenvalue weighted by Crippen LogP contribution is -2.39. The number of benzene rings is 2. The molecule has 3 rings (SSSR count). The smallest absolute Gasteiger partial charge is 0.319 e. The molecule has 0 bridgehead atoms. The number of aryl methyl sites for hydroxylation is 1. The molecule has 2 N–H and O–H groups in total. The van der Waals surface area contributed by atoms with E-state index >= 15 is 0 Å². The maximum atomic E-state index is 12.5. The van der Waals surface area contributed by atoms with Crippen LogP contribution in [0.1, 0.15) is 11.1 Å². The van der Waals surface area contributed by atoms with Gasteiger partial charge in [0.05, 0.1) is 23.9 Å². The minimum Gasteiger partial charge on any atom is -0.379 e. The Kier molecular flexibility index (Phi) is 7.24. The van der Waals surface area contributed by atoms with Gasteiger partial charge in [-0.25, -0.2) is 13.2 Å². The monoisotopic (exact) mass is 417 g/mol. The highest BCUT2D eigenvalue weighted by Crippen LogP contribution is 2.16. The first-order valence-corrected chi connectivity index (χ1v) is 11.3. The zero-order chi connectivity index (χ0) is 20.7. The van der Waals surface area contributed by atoms with E-state index < -0.39 is 9.84 Å². The molecule has 1 fully saturated rings. The molecule has 1 saturated heterocycles. The summed E-state index contributed by atoms with van der Waals surface area (Å²) in [5.41, 5.74) is 2.71. The highest BCUT2D eigenvalue weighted by atomic mass is 32.2. The van der Waals surface area contributed by atoms with E-state index in [1.54, 1.807) is 12.1 Å².